The molecular weight excluding hydrogens is 255 g/mol. The van der Waals surface area contributed by atoms with Gasteiger partial charge in [0, 0.05) is 17.1 Å². The minimum atomic E-state index is -4.34. The van der Waals surface area contributed by atoms with Crippen LogP contribution in [0.4, 0.5) is 18.9 Å². The quantitative estimate of drug-likeness (QED) is 0.863. The molecule has 5 heteroatoms. The summed E-state index contributed by atoms with van der Waals surface area (Å²) in [6.07, 6.45) is -4.18. The normalized spacial score (nSPS) is 25.8. The third kappa shape index (κ3) is 2.56. The first-order valence-electron chi connectivity index (χ1n) is 6.25. The SMILES string of the molecule is Cc1ccc(NC2CC(O)C2(C)C)cc1C(F)(F)F. The van der Waals surface area contributed by atoms with Gasteiger partial charge in [0.2, 0.25) is 0 Å². The Kier molecular flexibility index (Phi) is 3.29. The molecule has 1 saturated carbocycles. The molecule has 19 heavy (non-hydrogen) atoms. The van der Waals surface area contributed by atoms with Crippen LogP contribution in [0.25, 0.3) is 0 Å². The number of aryl methyl sites for hydroxylation is 1. The molecular formula is C14H18F3NO. The average Bonchev–Trinajstić information content (AvgIpc) is 2.29. The van der Waals surface area contributed by atoms with Gasteiger partial charge in [0.05, 0.1) is 11.7 Å². The number of rotatable bonds is 2. The van der Waals surface area contributed by atoms with E-state index in [1.165, 1.54) is 13.0 Å². The second-order valence-electron chi connectivity index (χ2n) is 5.80. The smallest absolute Gasteiger partial charge is 0.392 e. The molecule has 1 aliphatic carbocycles. The second kappa shape index (κ2) is 4.40. The topological polar surface area (TPSA) is 32.3 Å². The van der Waals surface area contributed by atoms with E-state index in [9.17, 15) is 18.3 Å². The Bertz CT molecular complexity index is 482. The van der Waals surface area contributed by atoms with Crippen LogP contribution >= 0.6 is 0 Å². The van der Waals surface area contributed by atoms with E-state index in [1.54, 1.807) is 6.07 Å². The van der Waals surface area contributed by atoms with Gasteiger partial charge in [-0.2, -0.15) is 13.2 Å². The van der Waals surface area contributed by atoms with E-state index < -0.39 is 17.8 Å². The summed E-state index contributed by atoms with van der Waals surface area (Å²) in [5, 5.41) is 12.7. The molecule has 0 saturated heterocycles. The van der Waals surface area contributed by atoms with Crippen LogP contribution in [0.5, 0.6) is 0 Å². The largest absolute Gasteiger partial charge is 0.416 e. The van der Waals surface area contributed by atoms with E-state index in [0.29, 0.717) is 12.1 Å². The van der Waals surface area contributed by atoms with Crippen molar-refractivity contribution < 1.29 is 18.3 Å². The summed E-state index contributed by atoms with van der Waals surface area (Å²) in [6, 6.07) is 4.24. The zero-order chi connectivity index (χ0) is 14.4. The molecule has 0 heterocycles. The van der Waals surface area contributed by atoms with E-state index in [2.05, 4.69) is 5.32 Å². The number of nitrogens with one attached hydrogen (secondary N) is 1. The lowest BCUT2D eigenvalue weighted by Crippen LogP contribution is -2.56. The highest BCUT2D eigenvalue weighted by Crippen LogP contribution is 2.42. The summed E-state index contributed by atoms with van der Waals surface area (Å²) in [5.74, 6) is 0. The van der Waals surface area contributed by atoms with Gasteiger partial charge >= 0.3 is 6.18 Å². The van der Waals surface area contributed by atoms with Gasteiger partial charge in [0.25, 0.3) is 0 Å². The maximum Gasteiger partial charge on any atom is 0.416 e. The van der Waals surface area contributed by atoms with Crippen molar-refractivity contribution >= 4 is 5.69 Å². The molecule has 0 amide bonds. The third-order valence-electron chi connectivity index (χ3n) is 4.10. The van der Waals surface area contributed by atoms with Crippen LogP contribution in [-0.4, -0.2) is 17.3 Å². The predicted molar refractivity (Wildman–Crippen MR) is 68.0 cm³/mol. The summed E-state index contributed by atoms with van der Waals surface area (Å²) in [4.78, 5) is 0. The Labute approximate surface area is 110 Å². The molecule has 2 unspecified atom stereocenters. The van der Waals surface area contributed by atoms with Crippen molar-refractivity contribution in [1.29, 1.82) is 0 Å². The number of benzene rings is 1. The lowest BCUT2D eigenvalue weighted by Gasteiger charge is -2.49. The minimum absolute atomic E-state index is 0.00807. The van der Waals surface area contributed by atoms with E-state index in [4.69, 9.17) is 0 Å². The van der Waals surface area contributed by atoms with Crippen LogP contribution in [0.3, 0.4) is 0 Å². The standard InChI is InChI=1S/C14H18F3NO/c1-8-4-5-9(6-10(8)14(15,16)17)18-11-7-12(19)13(11,2)3/h4-6,11-12,18-19H,7H2,1-3H3. The molecule has 1 aromatic rings. The Morgan fingerprint density at radius 3 is 2.42 bits per heavy atom. The minimum Gasteiger partial charge on any atom is -0.392 e. The molecule has 1 fully saturated rings. The Balaban J connectivity index is 2.19. The van der Waals surface area contributed by atoms with Gasteiger partial charge in [-0.25, -0.2) is 0 Å². The van der Waals surface area contributed by atoms with Gasteiger partial charge in [-0.1, -0.05) is 19.9 Å². The van der Waals surface area contributed by atoms with Crippen LogP contribution in [0.1, 0.15) is 31.4 Å². The first-order valence-corrected chi connectivity index (χ1v) is 6.25. The van der Waals surface area contributed by atoms with Gasteiger partial charge in [-0.05, 0) is 31.0 Å². The fourth-order valence-electron chi connectivity index (χ4n) is 2.37. The fraction of sp³-hybridized carbons (Fsp3) is 0.571. The van der Waals surface area contributed by atoms with Crippen molar-refractivity contribution in [2.45, 2.75) is 45.5 Å². The summed E-state index contributed by atoms with van der Waals surface area (Å²) >= 11 is 0. The van der Waals surface area contributed by atoms with E-state index in [-0.39, 0.29) is 17.0 Å². The summed E-state index contributed by atoms with van der Waals surface area (Å²) in [5.41, 5.74) is -0.271. The highest BCUT2D eigenvalue weighted by molar-refractivity contribution is 5.51. The third-order valence-corrected chi connectivity index (χ3v) is 4.10. The Morgan fingerprint density at radius 2 is 1.95 bits per heavy atom. The fourth-order valence-corrected chi connectivity index (χ4v) is 2.37. The van der Waals surface area contributed by atoms with Gasteiger partial charge in [-0.15, -0.1) is 0 Å². The van der Waals surface area contributed by atoms with Crippen molar-refractivity contribution in [3.8, 4) is 0 Å². The maximum absolute atomic E-state index is 12.8. The molecule has 0 aromatic heterocycles. The number of aliphatic hydroxyl groups excluding tert-OH is 1. The van der Waals surface area contributed by atoms with Crippen LogP contribution in [-0.2, 0) is 6.18 Å². The van der Waals surface area contributed by atoms with Gasteiger partial charge < -0.3 is 10.4 Å². The molecule has 0 bridgehead atoms. The van der Waals surface area contributed by atoms with Crippen LogP contribution in [0, 0.1) is 12.3 Å². The highest BCUT2D eigenvalue weighted by atomic mass is 19.4. The lowest BCUT2D eigenvalue weighted by molar-refractivity contribution is -0.138. The first-order chi connectivity index (χ1) is 8.62. The van der Waals surface area contributed by atoms with Crippen molar-refractivity contribution in [3.63, 3.8) is 0 Å². The van der Waals surface area contributed by atoms with Crippen molar-refractivity contribution in [1.82, 2.24) is 0 Å². The molecule has 2 nitrogen and oxygen atoms in total. The number of hydrogen-bond acceptors (Lipinski definition) is 2. The number of alkyl halides is 3. The molecule has 0 aliphatic heterocycles. The van der Waals surface area contributed by atoms with Crippen LogP contribution in [0.15, 0.2) is 18.2 Å². The highest BCUT2D eigenvalue weighted by Gasteiger charge is 2.47. The lowest BCUT2D eigenvalue weighted by atomic mass is 9.64. The van der Waals surface area contributed by atoms with E-state index >= 15 is 0 Å². The Morgan fingerprint density at radius 1 is 1.32 bits per heavy atom. The summed E-state index contributed by atoms with van der Waals surface area (Å²) in [6.45, 7) is 5.25. The number of anilines is 1. The number of hydrogen-bond donors (Lipinski definition) is 2. The molecule has 0 radical (unpaired) electrons. The zero-order valence-corrected chi connectivity index (χ0v) is 11.2. The second-order valence-corrected chi connectivity index (χ2v) is 5.80. The molecule has 2 rings (SSSR count). The molecule has 1 aliphatic rings. The van der Waals surface area contributed by atoms with Gasteiger partial charge in [0.1, 0.15) is 0 Å². The summed E-state index contributed by atoms with van der Waals surface area (Å²) < 4.78 is 38.4. The predicted octanol–water partition coefficient (Wildman–Crippen LogP) is 3.59. The molecule has 106 valence electrons. The molecule has 2 N–H and O–H groups in total. The van der Waals surface area contributed by atoms with Crippen LogP contribution in [0.2, 0.25) is 0 Å². The molecule has 0 spiro atoms. The van der Waals surface area contributed by atoms with Crippen LogP contribution < -0.4 is 5.32 Å². The van der Waals surface area contributed by atoms with E-state index in [1.807, 2.05) is 13.8 Å². The van der Waals surface area contributed by atoms with Gasteiger partial charge in [-0.3, -0.25) is 0 Å². The average molecular weight is 273 g/mol. The molecule has 2 atom stereocenters. The van der Waals surface area contributed by atoms with Gasteiger partial charge in [0.15, 0.2) is 0 Å². The maximum atomic E-state index is 12.8. The first kappa shape index (κ1) is 14.2. The zero-order valence-electron chi connectivity index (χ0n) is 11.2. The van der Waals surface area contributed by atoms with E-state index in [0.717, 1.165) is 6.07 Å². The monoisotopic (exact) mass is 273 g/mol. The summed E-state index contributed by atoms with van der Waals surface area (Å²) in [7, 11) is 0. The number of halogens is 3. The van der Waals surface area contributed by atoms with Crippen molar-refractivity contribution in [3.05, 3.63) is 29.3 Å². The van der Waals surface area contributed by atoms with Crippen molar-refractivity contribution in [2.24, 2.45) is 5.41 Å². The number of aliphatic hydroxyl groups is 1. The molecule has 1 aromatic carbocycles. The van der Waals surface area contributed by atoms with Crippen molar-refractivity contribution in [2.75, 3.05) is 5.32 Å². The Hall–Kier alpha value is -1.23.